The first kappa shape index (κ1) is 12.8. The fraction of sp³-hybridized carbons (Fsp3) is 0.154. The third-order valence-corrected chi connectivity index (χ3v) is 2.47. The summed E-state index contributed by atoms with van der Waals surface area (Å²) in [5.74, 6) is -1.26. The molecule has 1 aliphatic rings. The van der Waals surface area contributed by atoms with Crippen LogP contribution in [0, 0.1) is 0 Å². The number of aromatic carboxylic acids is 1. The first-order chi connectivity index (χ1) is 9.11. The van der Waals surface area contributed by atoms with Gasteiger partial charge in [-0.15, -0.1) is 0 Å². The zero-order valence-electron chi connectivity index (χ0n) is 10.2. The standard InChI is InChI=1S/C13H11N2O4/c1-2-8-7-14-13(19-8)15-11(16)9-5-3-4-6-10(9)12(17)18/h3-7H,2H2,1H3,(H,17,18). The van der Waals surface area contributed by atoms with Crippen molar-refractivity contribution in [2.24, 2.45) is 4.99 Å². The lowest BCUT2D eigenvalue weighted by Gasteiger charge is -2.02. The lowest BCUT2D eigenvalue weighted by molar-refractivity contribution is 0.0692. The van der Waals surface area contributed by atoms with Crippen molar-refractivity contribution < 1.29 is 19.4 Å². The Labute approximate surface area is 109 Å². The molecule has 19 heavy (non-hydrogen) atoms. The van der Waals surface area contributed by atoms with E-state index in [-0.39, 0.29) is 17.1 Å². The van der Waals surface area contributed by atoms with Gasteiger partial charge in [-0.2, -0.15) is 10.3 Å². The van der Waals surface area contributed by atoms with Gasteiger partial charge < -0.3 is 9.84 Å². The number of rotatable bonds is 3. The van der Waals surface area contributed by atoms with Crippen LogP contribution < -0.4 is 5.32 Å². The van der Waals surface area contributed by atoms with E-state index in [4.69, 9.17) is 9.84 Å². The van der Waals surface area contributed by atoms with Gasteiger partial charge in [0, 0.05) is 6.42 Å². The van der Waals surface area contributed by atoms with Crippen LogP contribution in [0.3, 0.4) is 0 Å². The molecule has 0 bridgehead atoms. The second-order valence-electron chi connectivity index (χ2n) is 3.73. The normalized spacial score (nSPS) is 15.6. The van der Waals surface area contributed by atoms with Gasteiger partial charge in [-0.3, -0.25) is 4.79 Å². The number of allylic oxidation sites excluding steroid dienone is 1. The Morgan fingerprint density at radius 1 is 1.32 bits per heavy atom. The van der Waals surface area contributed by atoms with Crippen LogP contribution in [-0.2, 0) is 4.74 Å². The number of benzene rings is 1. The zero-order chi connectivity index (χ0) is 13.8. The average molecular weight is 259 g/mol. The van der Waals surface area contributed by atoms with Crippen LogP contribution in [0.25, 0.3) is 0 Å². The van der Waals surface area contributed by atoms with E-state index >= 15 is 0 Å². The first-order valence-corrected chi connectivity index (χ1v) is 5.65. The van der Waals surface area contributed by atoms with E-state index in [0.29, 0.717) is 12.2 Å². The van der Waals surface area contributed by atoms with Crippen LogP contribution in [0.4, 0.5) is 0 Å². The van der Waals surface area contributed by atoms with E-state index < -0.39 is 11.9 Å². The molecule has 1 N–H and O–H groups in total. The molecule has 97 valence electrons. The maximum Gasteiger partial charge on any atom is 0.336 e. The number of amides is 1. The summed E-state index contributed by atoms with van der Waals surface area (Å²) < 4.78 is 5.18. The maximum absolute atomic E-state index is 11.9. The number of nitrogens with zero attached hydrogens (tertiary/aromatic N) is 2. The highest BCUT2D eigenvalue weighted by molar-refractivity contribution is 6.08. The van der Waals surface area contributed by atoms with Crippen LogP contribution in [0.5, 0.6) is 0 Å². The van der Waals surface area contributed by atoms with Crippen molar-refractivity contribution >= 4 is 17.9 Å². The Morgan fingerprint density at radius 3 is 2.58 bits per heavy atom. The minimum absolute atomic E-state index is 0.00579. The van der Waals surface area contributed by atoms with Gasteiger partial charge in [0.15, 0.2) is 0 Å². The van der Waals surface area contributed by atoms with Crippen molar-refractivity contribution in [3.05, 3.63) is 47.4 Å². The number of carbonyl (C=O) groups is 2. The number of ether oxygens (including phenoxy) is 1. The van der Waals surface area contributed by atoms with Gasteiger partial charge in [-0.1, -0.05) is 19.1 Å². The molecule has 1 heterocycles. The summed E-state index contributed by atoms with van der Waals surface area (Å²) in [5, 5.41) is 12.8. The van der Waals surface area contributed by atoms with Crippen LogP contribution in [0.1, 0.15) is 34.1 Å². The number of hydrogen-bond donors (Lipinski definition) is 1. The fourth-order valence-corrected chi connectivity index (χ4v) is 1.52. The molecule has 1 radical (unpaired) electrons. The van der Waals surface area contributed by atoms with Gasteiger partial charge in [-0.25, -0.2) is 4.79 Å². The molecule has 6 heteroatoms. The van der Waals surface area contributed by atoms with Crippen molar-refractivity contribution in [2.45, 2.75) is 13.3 Å². The van der Waals surface area contributed by atoms with E-state index in [1.54, 1.807) is 12.1 Å². The van der Waals surface area contributed by atoms with Gasteiger partial charge in [-0.05, 0) is 12.1 Å². The first-order valence-electron chi connectivity index (χ1n) is 5.65. The maximum atomic E-state index is 11.9. The summed E-state index contributed by atoms with van der Waals surface area (Å²) in [6.07, 6.45) is 2.12. The predicted molar refractivity (Wildman–Crippen MR) is 66.8 cm³/mol. The van der Waals surface area contributed by atoms with Gasteiger partial charge in [0.2, 0.25) is 0 Å². The summed E-state index contributed by atoms with van der Waals surface area (Å²) >= 11 is 0. The zero-order valence-corrected chi connectivity index (χ0v) is 10.2. The highest BCUT2D eigenvalue weighted by atomic mass is 16.5. The van der Waals surface area contributed by atoms with Crippen molar-refractivity contribution in [2.75, 3.05) is 0 Å². The molecule has 0 saturated carbocycles. The number of aliphatic imine (C=N–C) groups is 1. The second-order valence-corrected chi connectivity index (χ2v) is 3.73. The third kappa shape index (κ3) is 2.79. The third-order valence-electron chi connectivity index (χ3n) is 2.47. The molecule has 1 aromatic carbocycles. The molecule has 0 saturated heterocycles. The highest BCUT2D eigenvalue weighted by Crippen LogP contribution is 2.13. The minimum Gasteiger partial charge on any atom is -0.478 e. The lowest BCUT2D eigenvalue weighted by Crippen LogP contribution is -2.12. The molecule has 2 rings (SSSR count). The van der Waals surface area contributed by atoms with Crippen molar-refractivity contribution in [1.29, 1.82) is 0 Å². The molecule has 6 nitrogen and oxygen atoms in total. The molecule has 0 atom stereocenters. The molecular formula is C13H11N2O4. The molecule has 0 fully saturated rings. The number of carboxylic acids is 1. The number of amidine groups is 1. The van der Waals surface area contributed by atoms with E-state index in [0.717, 1.165) is 0 Å². The van der Waals surface area contributed by atoms with Crippen LogP contribution in [0.15, 0.2) is 41.2 Å². The molecule has 0 spiro atoms. The Hall–Kier alpha value is -2.63. The topological polar surface area (TPSA) is 90.1 Å². The van der Waals surface area contributed by atoms with Crippen molar-refractivity contribution in [1.82, 2.24) is 5.32 Å². The Balaban J connectivity index is 2.22. The van der Waals surface area contributed by atoms with Gasteiger partial charge in [0.25, 0.3) is 5.91 Å². The summed E-state index contributed by atoms with van der Waals surface area (Å²) in [6, 6.07) is 5.79. The summed E-state index contributed by atoms with van der Waals surface area (Å²) in [6.45, 7) is 1.88. The Morgan fingerprint density at radius 2 is 2.00 bits per heavy atom. The fourth-order valence-electron chi connectivity index (χ4n) is 1.52. The molecule has 1 aromatic rings. The average Bonchev–Trinajstić information content (AvgIpc) is 2.86. The number of hydrogen-bond acceptors (Lipinski definition) is 3. The number of carbonyl (C=O) groups excluding carboxylic acids is 1. The van der Waals surface area contributed by atoms with Crippen LogP contribution in [0.2, 0.25) is 0 Å². The van der Waals surface area contributed by atoms with Crippen molar-refractivity contribution in [3.8, 4) is 0 Å². The summed E-state index contributed by atoms with van der Waals surface area (Å²) in [5.41, 5.74) is -0.0928. The Bertz CT molecular complexity index is 590. The second kappa shape index (κ2) is 5.34. The molecule has 1 aliphatic heterocycles. The molecule has 0 aliphatic carbocycles. The Kier molecular flexibility index (Phi) is 3.61. The van der Waals surface area contributed by atoms with Gasteiger partial charge >= 0.3 is 12.0 Å². The molecule has 0 aromatic heterocycles. The van der Waals surface area contributed by atoms with Crippen molar-refractivity contribution in [3.63, 3.8) is 0 Å². The highest BCUT2D eigenvalue weighted by Gasteiger charge is 2.19. The summed E-state index contributed by atoms with van der Waals surface area (Å²) in [4.78, 5) is 26.6. The van der Waals surface area contributed by atoms with E-state index in [1.165, 1.54) is 18.3 Å². The van der Waals surface area contributed by atoms with E-state index in [2.05, 4.69) is 10.3 Å². The van der Waals surface area contributed by atoms with E-state index in [9.17, 15) is 9.59 Å². The van der Waals surface area contributed by atoms with Crippen LogP contribution in [-0.4, -0.2) is 23.0 Å². The smallest absolute Gasteiger partial charge is 0.336 e. The monoisotopic (exact) mass is 259 g/mol. The van der Waals surface area contributed by atoms with Gasteiger partial charge in [0.1, 0.15) is 5.76 Å². The SMILES string of the molecule is CCC1=C[N]C(=NC(=O)c2ccccc2C(=O)O)O1. The minimum atomic E-state index is -1.18. The van der Waals surface area contributed by atoms with Gasteiger partial charge in [0.05, 0.1) is 17.3 Å². The summed E-state index contributed by atoms with van der Waals surface area (Å²) in [7, 11) is 0. The quantitative estimate of drug-likeness (QED) is 0.895. The molecule has 1 amide bonds. The largest absolute Gasteiger partial charge is 0.478 e. The predicted octanol–water partition coefficient (Wildman–Crippen LogP) is 1.77. The van der Waals surface area contributed by atoms with E-state index in [1.807, 2.05) is 6.92 Å². The molecule has 0 unspecified atom stereocenters. The lowest BCUT2D eigenvalue weighted by atomic mass is 10.1. The van der Waals surface area contributed by atoms with Crippen LogP contribution >= 0.6 is 0 Å². The molecular weight excluding hydrogens is 248 g/mol. The number of carboxylic acid groups (broad SMARTS) is 1.